The maximum absolute atomic E-state index is 5.12. The minimum atomic E-state index is 0.251. The second-order valence-electron chi connectivity index (χ2n) is 10.2. The van der Waals surface area contributed by atoms with E-state index in [-0.39, 0.29) is 17.8 Å². The number of nitrogens with one attached hydrogen (secondary N) is 1. The van der Waals surface area contributed by atoms with Gasteiger partial charge in [0.15, 0.2) is 5.82 Å². The SMILES string of the molecule is CC(C)c1nnc(C(C)C)c2c1nc(C(C)C)n2Cc1ccc(-c2ccccc2-c2nnn[nH]2)cc1. The number of fused-ring (bicyclic) bond motifs is 1. The van der Waals surface area contributed by atoms with E-state index < -0.39 is 0 Å². The highest BCUT2D eigenvalue weighted by atomic mass is 15.5. The first-order valence-electron chi connectivity index (χ1n) is 12.5. The van der Waals surface area contributed by atoms with Crippen LogP contribution in [0.25, 0.3) is 33.5 Å². The predicted molar refractivity (Wildman–Crippen MR) is 142 cm³/mol. The van der Waals surface area contributed by atoms with Gasteiger partial charge in [0.2, 0.25) is 0 Å². The van der Waals surface area contributed by atoms with Gasteiger partial charge in [-0.05, 0) is 39.0 Å². The standard InChI is InChI=1S/C28H32N8/c1-16(2)23-25-26(24(17(3)4)31-30-23)36(28(29-25)18(5)6)15-19-11-13-20(14-12-19)21-9-7-8-10-22(21)27-32-34-35-33-27/h7-14,16-18H,15H2,1-6H3,(H,32,33,34,35). The summed E-state index contributed by atoms with van der Waals surface area (Å²) in [6.07, 6.45) is 0. The molecule has 0 aliphatic heterocycles. The smallest absolute Gasteiger partial charge is 0.180 e. The Kier molecular flexibility index (Phi) is 6.35. The van der Waals surface area contributed by atoms with Gasteiger partial charge in [0, 0.05) is 18.0 Å². The number of hydrogen-bond donors (Lipinski definition) is 1. The van der Waals surface area contributed by atoms with Gasteiger partial charge in [-0.25, -0.2) is 10.1 Å². The van der Waals surface area contributed by atoms with Crippen molar-refractivity contribution in [3.8, 4) is 22.5 Å². The van der Waals surface area contributed by atoms with Gasteiger partial charge < -0.3 is 4.57 Å². The van der Waals surface area contributed by atoms with E-state index in [0.29, 0.717) is 5.82 Å². The minimum Gasteiger partial charge on any atom is -0.322 e. The topological polar surface area (TPSA) is 98.1 Å². The molecule has 0 atom stereocenters. The summed E-state index contributed by atoms with van der Waals surface area (Å²) in [6, 6.07) is 16.8. The summed E-state index contributed by atoms with van der Waals surface area (Å²) < 4.78 is 2.35. The fraction of sp³-hybridized carbons (Fsp3) is 0.357. The fourth-order valence-electron chi connectivity index (χ4n) is 4.68. The molecule has 184 valence electrons. The number of H-pyrrole nitrogens is 1. The number of tetrazole rings is 1. The van der Waals surface area contributed by atoms with E-state index in [4.69, 9.17) is 4.98 Å². The van der Waals surface area contributed by atoms with Crippen molar-refractivity contribution in [1.82, 2.24) is 40.4 Å². The van der Waals surface area contributed by atoms with Crippen LogP contribution in [0.2, 0.25) is 0 Å². The first kappa shape index (κ1) is 23.8. The van der Waals surface area contributed by atoms with Crippen LogP contribution in [0.5, 0.6) is 0 Å². The molecular formula is C28H32N8. The fourth-order valence-corrected chi connectivity index (χ4v) is 4.68. The second kappa shape index (κ2) is 9.60. The Morgan fingerprint density at radius 3 is 2.03 bits per heavy atom. The van der Waals surface area contributed by atoms with E-state index in [2.05, 4.69) is 107 Å². The number of aromatic amines is 1. The van der Waals surface area contributed by atoms with Crippen molar-refractivity contribution >= 4 is 11.0 Å². The van der Waals surface area contributed by atoms with Crippen LogP contribution in [0.4, 0.5) is 0 Å². The molecule has 0 amide bonds. The van der Waals surface area contributed by atoms with E-state index >= 15 is 0 Å². The predicted octanol–water partition coefficient (Wildman–Crippen LogP) is 6.09. The number of hydrogen-bond acceptors (Lipinski definition) is 6. The Hall–Kier alpha value is -3.94. The summed E-state index contributed by atoms with van der Waals surface area (Å²) in [4.78, 5) is 5.12. The highest BCUT2D eigenvalue weighted by Gasteiger charge is 2.23. The largest absolute Gasteiger partial charge is 0.322 e. The maximum Gasteiger partial charge on any atom is 0.180 e. The first-order valence-corrected chi connectivity index (χ1v) is 12.5. The quantitative estimate of drug-likeness (QED) is 0.303. The average Bonchev–Trinajstić information content (AvgIpc) is 3.53. The summed E-state index contributed by atoms with van der Waals surface area (Å²) in [5.41, 5.74) is 8.43. The number of nitrogens with zero attached hydrogens (tertiary/aromatic N) is 7. The molecule has 0 aliphatic rings. The maximum atomic E-state index is 5.12. The monoisotopic (exact) mass is 480 g/mol. The third kappa shape index (κ3) is 4.27. The van der Waals surface area contributed by atoms with E-state index in [1.165, 1.54) is 5.56 Å². The van der Waals surface area contributed by atoms with Gasteiger partial charge in [0.05, 0.1) is 16.9 Å². The molecule has 5 aromatic rings. The van der Waals surface area contributed by atoms with Crippen LogP contribution in [-0.4, -0.2) is 40.4 Å². The summed E-state index contributed by atoms with van der Waals surface area (Å²) in [6.45, 7) is 13.8. The molecule has 3 heterocycles. The van der Waals surface area contributed by atoms with Crippen molar-refractivity contribution in [2.24, 2.45) is 0 Å². The molecule has 1 N–H and O–H groups in total. The number of benzene rings is 2. The molecule has 0 spiro atoms. The lowest BCUT2D eigenvalue weighted by molar-refractivity contribution is 0.676. The van der Waals surface area contributed by atoms with Crippen LogP contribution in [0.1, 0.15) is 82.1 Å². The molecule has 0 saturated heterocycles. The van der Waals surface area contributed by atoms with Crippen molar-refractivity contribution in [2.75, 3.05) is 0 Å². The summed E-state index contributed by atoms with van der Waals surface area (Å²) >= 11 is 0. The highest BCUT2D eigenvalue weighted by Crippen LogP contribution is 2.33. The Morgan fingerprint density at radius 2 is 1.42 bits per heavy atom. The van der Waals surface area contributed by atoms with Crippen LogP contribution < -0.4 is 0 Å². The van der Waals surface area contributed by atoms with Gasteiger partial charge in [-0.3, -0.25) is 0 Å². The zero-order chi connectivity index (χ0) is 25.4. The molecule has 36 heavy (non-hydrogen) atoms. The van der Waals surface area contributed by atoms with Crippen LogP contribution in [-0.2, 0) is 6.54 Å². The molecule has 0 aliphatic carbocycles. The van der Waals surface area contributed by atoms with Crippen molar-refractivity contribution in [3.05, 3.63) is 71.3 Å². The molecule has 0 bridgehead atoms. The molecule has 5 rings (SSSR count). The van der Waals surface area contributed by atoms with Crippen molar-refractivity contribution < 1.29 is 0 Å². The lowest BCUT2D eigenvalue weighted by atomic mass is 9.98. The Labute approximate surface area is 211 Å². The van der Waals surface area contributed by atoms with Crippen LogP contribution in [0, 0.1) is 0 Å². The zero-order valence-electron chi connectivity index (χ0n) is 21.7. The van der Waals surface area contributed by atoms with Gasteiger partial charge in [-0.15, -0.1) is 5.10 Å². The van der Waals surface area contributed by atoms with Crippen LogP contribution in [0.3, 0.4) is 0 Å². The van der Waals surface area contributed by atoms with Crippen molar-refractivity contribution in [1.29, 1.82) is 0 Å². The van der Waals surface area contributed by atoms with E-state index in [0.717, 1.165) is 51.5 Å². The molecule has 0 saturated carbocycles. The van der Waals surface area contributed by atoms with Gasteiger partial charge >= 0.3 is 0 Å². The van der Waals surface area contributed by atoms with Gasteiger partial charge in [-0.1, -0.05) is 90.1 Å². The summed E-state index contributed by atoms with van der Waals surface area (Å²) in [5.74, 6) is 2.50. The Morgan fingerprint density at radius 1 is 0.750 bits per heavy atom. The lowest BCUT2D eigenvalue weighted by Crippen LogP contribution is -2.10. The summed E-state index contributed by atoms with van der Waals surface area (Å²) in [5, 5.41) is 23.7. The van der Waals surface area contributed by atoms with E-state index in [1.54, 1.807) is 0 Å². The Balaban J connectivity index is 1.58. The molecule has 2 aromatic carbocycles. The summed E-state index contributed by atoms with van der Waals surface area (Å²) in [7, 11) is 0. The number of aromatic nitrogens is 8. The van der Waals surface area contributed by atoms with Gasteiger partial charge in [-0.2, -0.15) is 10.2 Å². The number of imidazole rings is 1. The van der Waals surface area contributed by atoms with E-state index in [9.17, 15) is 0 Å². The van der Waals surface area contributed by atoms with Crippen molar-refractivity contribution in [3.63, 3.8) is 0 Å². The van der Waals surface area contributed by atoms with Gasteiger partial charge in [0.1, 0.15) is 11.3 Å². The van der Waals surface area contributed by atoms with E-state index in [1.807, 2.05) is 18.2 Å². The molecular weight excluding hydrogens is 448 g/mol. The third-order valence-corrected chi connectivity index (χ3v) is 6.49. The Bertz CT molecular complexity index is 1480. The molecule has 0 radical (unpaired) electrons. The first-order chi connectivity index (χ1) is 17.3. The normalized spacial score (nSPS) is 11.9. The van der Waals surface area contributed by atoms with Gasteiger partial charge in [0.25, 0.3) is 0 Å². The van der Waals surface area contributed by atoms with Crippen molar-refractivity contribution in [2.45, 2.75) is 65.8 Å². The molecule has 0 fully saturated rings. The number of rotatable bonds is 7. The third-order valence-electron chi connectivity index (χ3n) is 6.49. The zero-order valence-corrected chi connectivity index (χ0v) is 21.7. The van der Waals surface area contributed by atoms with Crippen LogP contribution >= 0.6 is 0 Å². The molecule has 0 unspecified atom stereocenters. The molecule has 8 nitrogen and oxygen atoms in total. The molecule has 8 heteroatoms. The van der Waals surface area contributed by atoms with Crippen LogP contribution in [0.15, 0.2) is 48.5 Å². The highest BCUT2D eigenvalue weighted by molar-refractivity contribution is 5.82. The lowest BCUT2D eigenvalue weighted by Gasteiger charge is -2.15. The average molecular weight is 481 g/mol. The molecule has 3 aromatic heterocycles. The minimum absolute atomic E-state index is 0.251. The second-order valence-corrected chi connectivity index (χ2v) is 10.2.